The van der Waals surface area contributed by atoms with Gasteiger partial charge < -0.3 is 5.48 Å². The second-order valence-corrected chi connectivity index (χ2v) is 3.53. The van der Waals surface area contributed by atoms with Crippen molar-refractivity contribution in [2.75, 3.05) is 40.0 Å². The third-order valence-corrected chi connectivity index (χ3v) is 2.40. The van der Waals surface area contributed by atoms with E-state index in [0.29, 0.717) is 0 Å². The van der Waals surface area contributed by atoms with Gasteiger partial charge in [0.2, 0.25) is 0 Å². The summed E-state index contributed by atoms with van der Waals surface area (Å²) in [4.78, 5) is 9.88. The molecule has 4 bridgehead atoms. The number of hydrogen-bond donors (Lipinski definition) is 0. The first-order valence-corrected chi connectivity index (χ1v) is 3.79. The maximum Gasteiger partial charge on any atom is 1.00 e. The van der Waals surface area contributed by atoms with Crippen LogP contribution in [0.25, 0.3) is 0 Å². The van der Waals surface area contributed by atoms with E-state index in [1.807, 2.05) is 0 Å². The smallest absolute Gasteiger partial charge is 0.870 e. The first kappa shape index (κ1) is 10.9. The molecule has 0 unspecified atom stereocenters. The van der Waals surface area contributed by atoms with E-state index >= 15 is 0 Å². The molecule has 0 aromatic carbocycles. The average Bonchev–Trinajstić information content (AvgIpc) is 1.82. The van der Waals surface area contributed by atoms with Crippen molar-refractivity contribution in [3.8, 4) is 0 Å². The first-order chi connectivity index (χ1) is 4.90. The number of nitrogens with zero attached hydrogens (tertiary/aromatic N) is 4. The van der Waals surface area contributed by atoms with E-state index in [4.69, 9.17) is 0 Å². The zero-order valence-electron chi connectivity index (χ0n) is 7.48. The number of rotatable bonds is 0. The van der Waals surface area contributed by atoms with Crippen LogP contribution in [0.15, 0.2) is 0 Å². The average molecular weight is 180 g/mol. The Balaban J connectivity index is 0.000000360. The van der Waals surface area contributed by atoms with Crippen LogP contribution in [-0.4, -0.2) is 65.1 Å². The summed E-state index contributed by atoms with van der Waals surface area (Å²) in [6.07, 6.45) is 0. The molecular formula is C6H13N4NaO. The van der Waals surface area contributed by atoms with Gasteiger partial charge in [0, 0.05) is 0 Å². The van der Waals surface area contributed by atoms with Crippen LogP contribution in [0.3, 0.4) is 0 Å². The molecule has 4 aliphatic rings. The van der Waals surface area contributed by atoms with Crippen LogP contribution in [-0.2, 0) is 0 Å². The van der Waals surface area contributed by atoms with E-state index in [9.17, 15) is 0 Å². The zero-order chi connectivity index (χ0) is 6.55. The van der Waals surface area contributed by atoms with Crippen LogP contribution in [0.4, 0.5) is 0 Å². The van der Waals surface area contributed by atoms with Crippen LogP contribution in [0.1, 0.15) is 0 Å². The Labute approximate surface area is 94.5 Å². The predicted octanol–water partition coefficient (Wildman–Crippen LogP) is -4.19. The fourth-order valence-electron chi connectivity index (χ4n) is 2.23. The van der Waals surface area contributed by atoms with E-state index in [2.05, 4.69) is 19.6 Å². The second kappa shape index (κ2) is 3.89. The van der Waals surface area contributed by atoms with Gasteiger partial charge in [-0.25, -0.2) is 0 Å². The van der Waals surface area contributed by atoms with Crippen LogP contribution >= 0.6 is 0 Å². The summed E-state index contributed by atoms with van der Waals surface area (Å²) in [5, 5.41) is 0. The summed E-state index contributed by atoms with van der Waals surface area (Å²) in [6.45, 7) is 7.12. The molecule has 4 saturated heterocycles. The molecule has 5 nitrogen and oxygen atoms in total. The third-order valence-electron chi connectivity index (χ3n) is 2.40. The summed E-state index contributed by atoms with van der Waals surface area (Å²) >= 11 is 0. The zero-order valence-corrected chi connectivity index (χ0v) is 9.48. The molecule has 4 fully saturated rings. The Hall–Kier alpha value is 0.800. The van der Waals surface area contributed by atoms with Gasteiger partial charge in [-0.1, -0.05) is 0 Å². The van der Waals surface area contributed by atoms with Gasteiger partial charge in [-0.15, -0.1) is 0 Å². The molecular weight excluding hydrogens is 167 g/mol. The second-order valence-electron chi connectivity index (χ2n) is 3.53. The molecule has 0 atom stereocenters. The maximum atomic E-state index is 2.47. The Morgan fingerprint density at radius 2 is 0.667 bits per heavy atom. The van der Waals surface area contributed by atoms with Gasteiger partial charge in [-0.3, -0.25) is 19.6 Å². The molecule has 0 aliphatic carbocycles. The standard InChI is InChI=1S/C6H12N4.Na.H2O/c1-7-2-9-4-8(1)5-10(3-7)6-9;;/h1-6H2;;1H2/q;+1;/p-1. The molecule has 0 saturated carbocycles. The van der Waals surface area contributed by atoms with Crippen molar-refractivity contribution in [1.82, 2.24) is 19.6 Å². The summed E-state index contributed by atoms with van der Waals surface area (Å²) in [6, 6.07) is 0. The van der Waals surface area contributed by atoms with Crippen LogP contribution in [0, 0.1) is 0 Å². The fourth-order valence-corrected chi connectivity index (χ4v) is 2.23. The Bertz CT molecular complexity index is 111. The van der Waals surface area contributed by atoms with E-state index in [0.717, 1.165) is 0 Å². The van der Waals surface area contributed by atoms with Gasteiger partial charge in [0.25, 0.3) is 0 Å². The molecule has 4 heterocycles. The van der Waals surface area contributed by atoms with Crippen molar-refractivity contribution >= 4 is 0 Å². The largest absolute Gasteiger partial charge is 1.00 e. The minimum Gasteiger partial charge on any atom is -0.870 e. The summed E-state index contributed by atoms with van der Waals surface area (Å²) < 4.78 is 0. The molecule has 0 spiro atoms. The van der Waals surface area contributed by atoms with Crippen LogP contribution < -0.4 is 29.6 Å². The molecule has 0 aromatic rings. The molecule has 12 heavy (non-hydrogen) atoms. The molecule has 0 aromatic heterocycles. The molecule has 0 amide bonds. The summed E-state index contributed by atoms with van der Waals surface area (Å²) in [5.74, 6) is 0. The normalized spacial score (nSPS) is 48.0. The van der Waals surface area contributed by atoms with E-state index in [1.54, 1.807) is 0 Å². The predicted molar refractivity (Wildman–Crippen MR) is 38.5 cm³/mol. The first-order valence-electron chi connectivity index (χ1n) is 3.79. The maximum absolute atomic E-state index is 2.47. The SMILES string of the molecule is C1N2CN3CN1CN(C2)C3.[Na+].[OH-]. The Kier molecular flexibility index (Phi) is 3.53. The van der Waals surface area contributed by atoms with Gasteiger partial charge in [-0.2, -0.15) is 0 Å². The van der Waals surface area contributed by atoms with Gasteiger partial charge in [-0.05, 0) is 0 Å². The third kappa shape index (κ3) is 1.69. The molecule has 6 heteroatoms. The number of hydrogen-bond acceptors (Lipinski definition) is 5. The van der Waals surface area contributed by atoms with Crippen molar-refractivity contribution < 1.29 is 35.0 Å². The Morgan fingerprint density at radius 1 is 0.500 bits per heavy atom. The monoisotopic (exact) mass is 180 g/mol. The van der Waals surface area contributed by atoms with E-state index < -0.39 is 0 Å². The van der Waals surface area contributed by atoms with E-state index in [1.165, 1.54) is 40.0 Å². The van der Waals surface area contributed by atoms with Crippen molar-refractivity contribution in [2.45, 2.75) is 0 Å². The van der Waals surface area contributed by atoms with Gasteiger partial charge >= 0.3 is 29.6 Å². The van der Waals surface area contributed by atoms with Crippen molar-refractivity contribution in [3.05, 3.63) is 0 Å². The molecule has 0 radical (unpaired) electrons. The van der Waals surface area contributed by atoms with E-state index in [-0.39, 0.29) is 35.0 Å². The van der Waals surface area contributed by atoms with Crippen molar-refractivity contribution in [3.63, 3.8) is 0 Å². The Morgan fingerprint density at radius 3 is 0.833 bits per heavy atom. The van der Waals surface area contributed by atoms with Gasteiger partial charge in [0.05, 0.1) is 40.0 Å². The van der Waals surface area contributed by atoms with Gasteiger partial charge in [0.1, 0.15) is 0 Å². The summed E-state index contributed by atoms with van der Waals surface area (Å²) in [7, 11) is 0. The molecule has 4 rings (SSSR count). The quantitative estimate of drug-likeness (QED) is 0.354. The van der Waals surface area contributed by atoms with Crippen LogP contribution in [0.5, 0.6) is 0 Å². The minimum absolute atomic E-state index is 0. The molecule has 64 valence electrons. The van der Waals surface area contributed by atoms with Crippen molar-refractivity contribution in [1.29, 1.82) is 0 Å². The summed E-state index contributed by atoms with van der Waals surface area (Å²) in [5.41, 5.74) is 0. The minimum atomic E-state index is 0. The molecule has 1 N–H and O–H groups in total. The fraction of sp³-hybridized carbons (Fsp3) is 1.00. The topological polar surface area (TPSA) is 43.0 Å². The van der Waals surface area contributed by atoms with Crippen molar-refractivity contribution in [2.24, 2.45) is 0 Å². The van der Waals surface area contributed by atoms with Gasteiger partial charge in [0.15, 0.2) is 0 Å². The van der Waals surface area contributed by atoms with Crippen LogP contribution in [0.2, 0.25) is 0 Å². The molecule has 4 aliphatic heterocycles.